The highest BCUT2D eigenvalue weighted by atomic mass is 32.2. The van der Waals surface area contributed by atoms with Crippen LogP contribution in [0.25, 0.3) is 0 Å². The van der Waals surface area contributed by atoms with Crippen LogP contribution in [0.4, 0.5) is 5.82 Å². The summed E-state index contributed by atoms with van der Waals surface area (Å²) in [7, 11) is 0. The largest absolute Gasteiger partial charge is 0.383 e. The molecule has 4 N–H and O–H groups in total. The van der Waals surface area contributed by atoms with Crippen LogP contribution >= 0.6 is 11.8 Å². The number of pyridine rings is 1. The Labute approximate surface area is 82.9 Å². The van der Waals surface area contributed by atoms with E-state index in [1.165, 1.54) is 0 Å². The molecule has 0 aliphatic rings. The van der Waals surface area contributed by atoms with Crippen molar-refractivity contribution in [3.63, 3.8) is 0 Å². The fourth-order valence-corrected chi connectivity index (χ4v) is 1.72. The van der Waals surface area contributed by atoms with Crippen molar-refractivity contribution in [2.24, 2.45) is 5.73 Å². The molecular formula is C9H15N3S. The highest BCUT2D eigenvalue weighted by Crippen LogP contribution is 2.10. The predicted molar refractivity (Wildman–Crippen MR) is 58.7 cm³/mol. The van der Waals surface area contributed by atoms with Gasteiger partial charge in [0.15, 0.2) is 0 Å². The highest BCUT2D eigenvalue weighted by Gasteiger charge is 2.05. The molecule has 0 saturated heterocycles. The van der Waals surface area contributed by atoms with Crippen molar-refractivity contribution < 1.29 is 0 Å². The molecule has 72 valence electrons. The number of rotatable bonds is 4. The van der Waals surface area contributed by atoms with Crippen molar-refractivity contribution in [3.8, 4) is 0 Å². The summed E-state index contributed by atoms with van der Waals surface area (Å²) in [4.78, 5) is 4.01. The van der Waals surface area contributed by atoms with Gasteiger partial charge in [-0.25, -0.2) is 4.98 Å². The first-order valence-corrected chi connectivity index (χ1v) is 5.57. The van der Waals surface area contributed by atoms with E-state index in [1.54, 1.807) is 18.0 Å². The van der Waals surface area contributed by atoms with Gasteiger partial charge in [0.1, 0.15) is 5.82 Å². The standard InChI is InChI=1S/C9H15N3S/c1-13-6-8(10)5-7-3-2-4-12-9(7)11/h2-4,8H,5-6,10H2,1H3,(H2,11,12). The van der Waals surface area contributed by atoms with Crippen LogP contribution in [0.2, 0.25) is 0 Å². The van der Waals surface area contributed by atoms with Crippen molar-refractivity contribution >= 4 is 17.6 Å². The van der Waals surface area contributed by atoms with Gasteiger partial charge < -0.3 is 11.5 Å². The Morgan fingerprint density at radius 3 is 3.00 bits per heavy atom. The summed E-state index contributed by atoms with van der Waals surface area (Å²) in [5.74, 6) is 1.55. The van der Waals surface area contributed by atoms with Gasteiger partial charge in [0, 0.05) is 18.0 Å². The van der Waals surface area contributed by atoms with E-state index in [4.69, 9.17) is 11.5 Å². The second-order valence-corrected chi connectivity index (χ2v) is 3.88. The average Bonchev–Trinajstić information content (AvgIpc) is 2.09. The SMILES string of the molecule is CSCC(N)Cc1cccnc1N. The molecule has 0 aliphatic heterocycles. The zero-order chi connectivity index (χ0) is 9.68. The summed E-state index contributed by atoms with van der Waals surface area (Å²) < 4.78 is 0. The molecule has 1 aromatic heterocycles. The van der Waals surface area contributed by atoms with Crippen LogP contribution in [0.3, 0.4) is 0 Å². The number of thioether (sulfide) groups is 1. The van der Waals surface area contributed by atoms with E-state index in [0.717, 1.165) is 17.7 Å². The minimum Gasteiger partial charge on any atom is -0.383 e. The molecule has 0 fully saturated rings. The maximum absolute atomic E-state index is 5.88. The molecule has 1 atom stereocenters. The van der Waals surface area contributed by atoms with Gasteiger partial charge in [-0.15, -0.1) is 0 Å². The van der Waals surface area contributed by atoms with Crippen molar-refractivity contribution in [2.75, 3.05) is 17.7 Å². The van der Waals surface area contributed by atoms with Gasteiger partial charge in [-0.1, -0.05) is 6.07 Å². The van der Waals surface area contributed by atoms with Gasteiger partial charge in [-0.05, 0) is 24.3 Å². The van der Waals surface area contributed by atoms with Crippen LogP contribution < -0.4 is 11.5 Å². The summed E-state index contributed by atoms with van der Waals surface area (Å²) in [5, 5.41) is 0. The average molecular weight is 197 g/mol. The van der Waals surface area contributed by atoms with E-state index in [0.29, 0.717) is 5.82 Å². The fourth-order valence-electron chi connectivity index (χ4n) is 1.18. The number of hydrogen-bond donors (Lipinski definition) is 2. The molecule has 0 saturated carbocycles. The second kappa shape index (κ2) is 5.09. The zero-order valence-corrected chi connectivity index (χ0v) is 8.55. The van der Waals surface area contributed by atoms with E-state index in [-0.39, 0.29) is 6.04 Å². The van der Waals surface area contributed by atoms with Gasteiger partial charge in [0.25, 0.3) is 0 Å². The zero-order valence-electron chi connectivity index (χ0n) is 7.73. The molecule has 0 radical (unpaired) electrons. The number of nitrogens with zero attached hydrogens (tertiary/aromatic N) is 1. The van der Waals surface area contributed by atoms with Crippen molar-refractivity contribution in [1.29, 1.82) is 0 Å². The lowest BCUT2D eigenvalue weighted by molar-refractivity contribution is 0.748. The monoisotopic (exact) mass is 197 g/mol. The van der Waals surface area contributed by atoms with E-state index in [2.05, 4.69) is 4.98 Å². The summed E-state index contributed by atoms with van der Waals surface area (Å²) in [5.41, 5.74) is 12.6. The Morgan fingerprint density at radius 2 is 2.38 bits per heavy atom. The predicted octanol–water partition coefficient (Wildman–Crippen LogP) is 0.897. The lowest BCUT2D eigenvalue weighted by Gasteiger charge is -2.10. The van der Waals surface area contributed by atoms with E-state index < -0.39 is 0 Å². The first kappa shape index (κ1) is 10.3. The smallest absolute Gasteiger partial charge is 0.126 e. The van der Waals surface area contributed by atoms with Crippen molar-refractivity contribution in [1.82, 2.24) is 4.98 Å². The maximum Gasteiger partial charge on any atom is 0.126 e. The van der Waals surface area contributed by atoms with Gasteiger partial charge in [0.05, 0.1) is 0 Å². The van der Waals surface area contributed by atoms with E-state index in [1.807, 2.05) is 18.4 Å². The summed E-state index contributed by atoms with van der Waals surface area (Å²) in [6, 6.07) is 4.03. The molecule has 1 unspecified atom stereocenters. The molecule has 4 heteroatoms. The van der Waals surface area contributed by atoms with Crippen LogP contribution in [0.1, 0.15) is 5.56 Å². The third-order valence-corrected chi connectivity index (χ3v) is 2.55. The molecule has 1 aromatic rings. The number of anilines is 1. The molecular weight excluding hydrogens is 182 g/mol. The highest BCUT2D eigenvalue weighted by molar-refractivity contribution is 7.98. The number of nitrogens with two attached hydrogens (primary N) is 2. The van der Waals surface area contributed by atoms with Gasteiger partial charge in [-0.2, -0.15) is 11.8 Å². The number of nitrogen functional groups attached to an aromatic ring is 1. The van der Waals surface area contributed by atoms with Gasteiger partial charge in [-0.3, -0.25) is 0 Å². The Bertz CT molecular complexity index is 265. The van der Waals surface area contributed by atoms with Gasteiger partial charge in [0.2, 0.25) is 0 Å². The lowest BCUT2D eigenvalue weighted by Crippen LogP contribution is -2.26. The third-order valence-electron chi connectivity index (χ3n) is 1.79. The summed E-state index contributed by atoms with van der Waals surface area (Å²) in [6.45, 7) is 0. The first-order chi connectivity index (χ1) is 6.24. The lowest BCUT2D eigenvalue weighted by atomic mass is 10.1. The van der Waals surface area contributed by atoms with Crippen LogP contribution in [-0.2, 0) is 6.42 Å². The Kier molecular flexibility index (Phi) is 4.05. The molecule has 0 bridgehead atoms. The molecule has 1 rings (SSSR count). The van der Waals surface area contributed by atoms with Crippen molar-refractivity contribution in [2.45, 2.75) is 12.5 Å². The first-order valence-electron chi connectivity index (χ1n) is 4.18. The van der Waals surface area contributed by atoms with Crippen LogP contribution in [-0.4, -0.2) is 23.0 Å². The number of aromatic nitrogens is 1. The van der Waals surface area contributed by atoms with Gasteiger partial charge >= 0.3 is 0 Å². The topological polar surface area (TPSA) is 64.9 Å². The normalized spacial score (nSPS) is 12.8. The van der Waals surface area contributed by atoms with Crippen molar-refractivity contribution in [3.05, 3.63) is 23.9 Å². The Hall–Kier alpha value is -0.740. The fraction of sp³-hybridized carbons (Fsp3) is 0.444. The van der Waals surface area contributed by atoms with E-state index >= 15 is 0 Å². The maximum atomic E-state index is 5.88. The Balaban J connectivity index is 2.58. The minimum absolute atomic E-state index is 0.168. The molecule has 0 spiro atoms. The minimum atomic E-state index is 0.168. The molecule has 1 heterocycles. The van der Waals surface area contributed by atoms with Crippen LogP contribution in [0.5, 0.6) is 0 Å². The summed E-state index contributed by atoms with van der Waals surface area (Å²) >= 11 is 1.75. The second-order valence-electron chi connectivity index (χ2n) is 2.97. The Morgan fingerprint density at radius 1 is 1.62 bits per heavy atom. The van der Waals surface area contributed by atoms with Crippen LogP contribution in [0.15, 0.2) is 18.3 Å². The summed E-state index contributed by atoms with van der Waals surface area (Å²) in [6.07, 6.45) is 4.55. The molecule has 3 nitrogen and oxygen atoms in total. The molecule has 0 aliphatic carbocycles. The van der Waals surface area contributed by atoms with E-state index in [9.17, 15) is 0 Å². The molecule has 0 amide bonds. The number of hydrogen-bond acceptors (Lipinski definition) is 4. The quantitative estimate of drug-likeness (QED) is 0.752. The molecule has 0 aromatic carbocycles. The third kappa shape index (κ3) is 3.24. The molecule has 13 heavy (non-hydrogen) atoms. The van der Waals surface area contributed by atoms with Crippen LogP contribution in [0, 0.1) is 0 Å².